The Labute approximate surface area is 190 Å². The smallest absolute Gasteiger partial charge is 0.234 e. The molecule has 0 aliphatic rings. The van der Waals surface area contributed by atoms with Crippen molar-refractivity contribution in [2.75, 3.05) is 11.1 Å². The summed E-state index contributed by atoms with van der Waals surface area (Å²) in [5.74, 6) is 1.65. The van der Waals surface area contributed by atoms with E-state index >= 15 is 0 Å². The van der Waals surface area contributed by atoms with Crippen LogP contribution < -0.4 is 5.32 Å². The SMILES string of the molecule is C=CCn1c(CSc2ccc(C)cc2)nnc1SCC(=O)Nc1ccc(C)c(Cl)c1. The molecule has 0 radical (unpaired) electrons. The summed E-state index contributed by atoms with van der Waals surface area (Å²) < 4.78 is 1.99. The van der Waals surface area contributed by atoms with E-state index in [1.807, 2.05) is 29.7 Å². The lowest BCUT2D eigenvalue weighted by Gasteiger charge is -2.09. The van der Waals surface area contributed by atoms with Crippen molar-refractivity contribution in [3.63, 3.8) is 0 Å². The largest absolute Gasteiger partial charge is 0.325 e. The summed E-state index contributed by atoms with van der Waals surface area (Å²) in [7, 11) is 0. The molecule has 0 atom stereocenters. The molecule has 3 aromatic rings. The molecule has 8 heteroatoms. The molecule has 1 aromatic heterocycles. The number of carbonyl (C=O) groups excluding carboxylic acids is 1. The number of halogens is 1. The molecular weight excluding hydrogens is 436 g/mol. The van der Waals surface area contributed by atoms with E-state index in [-0.39, 0.29) is 11.7 Å². The Morgan fingerprint density at radius 3 is 2.63 bits per heavy atom. The van der Waals surface area contributed by atoms with Crippen molar-refractivity contribution < 1.29 is 4.79 Å². The Balaban J connectivity index is 1.60. The van der Waals surface area contributed by atoms with Gasteiger partial charge in [0.05, 0.1) is 11.5 Å². The third-order valence-corrected chi connectivity index (χ3v) is 6.66. The van der Waals surface area contributed by atoms with Crippen molar-refractivity contribution in [1.82, 2.24) is 14.8 Å². The molecule has 3 rings (SSSR count). The quantitative estimate of drug-likeness (QED) is 0.326. The fraction of sp³-hybridized carbons (Fsp3) is 0.227. The molecule has 5 nitrogen and oxygen atoms in total. The van der Waals surface area contributed by atoms with E-state index in [1.165, 1.54) is 22.2 Å². The number of anilines is 1. The summed E-state index contributed by atoms with van der Waals surface area (Å²) in [6.07, 6.45) is 1.81. The van der Waals surface area contributed by atoms with Crippen molar-refractivity contribution in [3.8, 4) is 0 Å². The van der Waals surface area contributed by atoms with Crippen LogP contribution in [0.3, 0.4) is 0 Å². The van der Waals surface area contributed by atoms with E-state index in [4.69, 9.17) is 11.6 Å². The molecule has 0 fully saturated rings. The minimum absolute atomic E-state index is 0.122. The van der Waals surface area contributed by atoms with Gasteiger partial charge in [-0.2, -0.15) is 0 Å². The number of thioether (sulfide) groups is 2. The minimum Gasteiger partial charge on any atom is -0.325 e. The van der Waals surface area contributed by atoms with Gasteiger partial charge in [0.15, 0.2) is 5.16 Å². The number of benzene rings is 2. The molecule has 1 heterocycles. The van der Waals surface area contributed by atoms with E-state index in [0.29, 0.717) is 28.2 Å². The molecule has 0 bridgehead atoms. The molecule has 0 unspecified atom stereocenters. The van der Waals surface area contributed by atoms with Gasteiger partial charge < -0.3 is 9.88 Å². The first kappa shape index (κ1) is 22.5. The molecular formula is C22H23ClN4OS2. The Bertz CT molecular complexity index is 1030. The molecule has 2 aromatic carbocycles. The number of amides is 1. The number of rotatable bonds is 9. The van der Waals surface area contributed by atoms with Gasteiger partial charge in [-0.1, -0.05) is 53.2 Å². The van der Waals surface area contributed by atoms with Crippen LogP contribution in [0.25, 0.3) is 0 Å². The summed E-state index contributed by atoms with van der Waals surface area (Å²) in [6.45, 7) is 8.41. The van der Waals surface area contributed by atoms with Gasteiger partial charge >= 0.3 is 0 Å². The van der Waals surface area contributed by atoms with Crippen LogP contribution in [-0.4, -0.2) is 26.4 Å². The standard InChI is InChI=1S/C22H23ClN4OS2/c1-4-11-27-20(13-29-18-9-5-15(2)6-10-18)25-26-22(27)30-14-21(28)24-17-8-7-16(3)19(23)12-17/h4-10,12H,1,11,13-14H2,2-3H3,(H,24,28). The molecule has 1 N–H and O–H groups in total. The molecule has 0 aliphatic heterocycles. The van der Waals surface area contributed by atoms with Crippen LogP contribution in [0, 0.1) is 13.8 Å². The average molecular weight is 459 g/mol. The zero-order valence-corrected chi connectivity index (χ0v) is 19.3. The third kappa shape index (κ3) is 6.14. The Morgan fingerprint density at radius 1 is 1.17 bits per heavy atom. The van der Waals surface area contributed by atoms with Gasteiger partial charge in [0.1, 0.15) is 5.82 Å². The maximum Gasteiger partial charge on any atom is 0.234 e. The highest BCUT2D eigenvalue weighted by atomic mass is 35.5. The number of aromatic nitrogens is 3. The maximum absolute atomic E-state index is 12.3. The third-order valence-electron chi connectivity index (χ3n) is 4.28. The van der Waals surface area contributed by atoms with Crippen LogP contribution in [0.2, 0.25) is 5.02 Å². The molecule has 0 spiro atoms. The number of nitrogens with zero attached hydrogens (tertiary/aromatic N) is 3. The lowest BCUT2D eigenvalue weighted by molar-refractivity contribution is -0.113. The fourth-order valence-corrected chi connectivity index (χ4v) is 4.41. The van der Waals surface area contributed by atoms with Crippen LogP contribution >= 0.6 is 35.1 Å². The molecule has 0 saturated carbocycles. The number of allylic oxidation sites excluding steroid dienone is 1. The molecule has 156 valence electrons. The van der Waals surface area contributed by atoms with Gasteiger partial charge in [0.25, 0.3) is 0 Å². The highest BCUT2D eigenvalue weighted by Gasteiger charge is 2.14. The molecule has 1 amide bonds. The van der Waals surface area contributed by atoms with Crippen molar-refractivity contribution in [3.05, 3.63) is 77.1 Å². The van der Waals surface area contributed by atoms with Crippen LogP contribution in [0.15, 0.2) is 65.2 Å². The van der Waals surface area contributed by atoms with Crippen LogP contribution in [0.4, 0.5) is 5.69 Å². The zero-order valence-electron chi connectivity index (χ0n) is 16.9. The lowest BCUT2D eigenvalue weighted by Crippen LogP contribution is -2.14. The van der Waals surface area contributed by atoms with Crippen LogP contribution in [0.1, 0.15) is 17.0 Å². The maximum atomic E-state index is 12.3. The van der Waals surface area contributed by atoms with Gasteiger partial charge in [0.2, 0.25) is 5.91 Å². The highest BCUT2D eigenvalue weighted by molar-refractivity contribution is 7.99. The van der Waals surface area contributed by atoms with Gasteiger partial charge in [-0.3, -0.25) is 4.79 Å². The van der Waals surface area contributed by atoms with Crippen LogP contribution in [0.5, 0.6) is 0 Å². The fourth-order valence-electron chi connectivity index (χ4n) is 2.63. The topological polar surface area (TPSA) is 59.8 Å². The van der Waals surface area contributed by atoms with Crippen molar-refractivity contribution in [1.29, 1.82) is 0 Å². The number of nitrogens with one attached hydrogen (secondary N) is 1. The normalized spacial score (nSPS) is 10.8. The second kappa shape index (κ2) is 10.7. The first-order chi connectivity index (χ1) is 14.5. The number of aryl methyl sites for hydroxylation is 2. The van der Waals surface area contributed by atoms with Crippen LogP contribution in [-0.2, 0) is 17.1 Å². The summed E-state index contributed by atoms with van der Waals surface area (Å²) in [5, 5.41) is 12.8. The predicted octanol–water partition coefficient (Wildman–Crippen LogP) is 5.76. The first-order valence-corrected chi connectivity index (χ1v) is 11.7. The van der Waals surface area contributed by atoms with Gasteiger partial charge in [-0.05, 0) is 43.7 Å². The number of hydrogen-bond donors (Lipinski definition) is 1. The van der Waals surface area contributed by atoms with Crippen molar-refractivity contribution >= 4 is 46.7 Å². The Hall–Kier alpha value is -2.22. The monoisotopic (exact) mass is 458 g/mol. The molecule has 30 heavy (non-hydrogen) atoms. The summed E-state index contributed by atoms with van der Waals surface area (Å²) in [5.41, 5.74) is 2.88. The average Bonchev–Trinajstić information content (AvgIpc) is 3.11. The first-order valence-electron chi connectivity index (χ1n) is 9.37. The second-order valence-electron chi connectivity index (χ2n) is 6.70. The predicted molar refractivity (Wildman–Crippen MR) is 127 cm³/mol. The minimum atomic E-state index is -0.122. The summed E-state index contributed by atoms with van der Waals surface area (Å²) in [4.78, 5) is 13.5. The van der Waals surface area contributed by atoms with E-state index in [9.17, 15) is 4.79 Å². The highest BCUT2D eigenvalue weighted by Crippen LogP contribution is 2.25. The van der Waals surface area contributed by atoms with E-state index in [2.05, 4.69) is 53.3 Å². The van der Waals surface area contributed by atoms with Gasteiger partial charge in [0, 0.05) is 22.2 Å². The van der Waals surface area contributed by atoms with Gasteiger partial charge in [-0.25, -0.2) is 0 Å². The summed E-state index contributed by atoms with van der Waals surface area (Å²) >= 11 is 9.18. The Morgan fingerprint density at radius 2 is 1.93 bits per heavy atom. The van der Waals surface area contributed by atoms with Crippen molar-refractivity contribution in [2.24, 2.45) is 0 Å². The lowest BCUT2D eigenvalue weighted by atomic mass is 10.2. The number of hydrogen-bond acceptors (Lipinski definition) is 5. The van der Waals surface area contributed by atoms with Gasteiger partial charge in [-0.15, -0.1) is 28.5 Å². The zero-order chi connectivity index (χ0) is 21.5. The second-order valence-corrected chi connectivity index (χ2v) is 9.10. The van der Waals surface area contributed by atoms with E-state index in [1.54, 1.807) is 17.8 Å². The molecule has 0 aliphatic carbocycles. The summed E-state index contributed by atoms with van der Waals surface area (Å²) in [6, 6.07) is 13.9. The Kier molecular flexibility index (Phi) is 8.01. The van der Waals surface area contributed by atoms with Crippen molar-refractivity contribution in [2.45, 2.75) is 36.2 Å². The molecule has 0 saturated heterocycles. The number of carbonyl (C=O) groups is 1. The van der Waals surface area contributed by atoms with E-state index in [0.717, 1.165) is 11.4 Å². The van der Waals surface area contributed by atoms with E-state index < -0.39 is 0 Å².